The summed E-state index contributed by atoms with van der Waals surface area (Å²) >= 11 is 1.84. The molecule has 15 heavy (non-hydrogen) atoms. The SMILES string of the molecule is CCC(CSC)N(C)CC(C)C(=O)NN. The molecule has 0 aliphatic carbocycles. The van der Waals surface area contributed by atoms with Gasteiger partial charge in [0, 0.05) is 24.3 Å². The minimum Gasteiger partial charge on any atom is -0.302 e. The number of nitrogens with two attached hydrogens (primary N) is 1. The van der Waals surface area contributed by atoms with E-state index in [0.717, 1.165) is 18.7 Å². The van der Waals surface area contributed by atoms with Gasteiger partial charge < -0.3 is 4.90 Å². The number of hydrogen-bond donors (Lipinski definition) is 2. The fourth-order valence-electron chi connectivity index (χ4n) is 1.56. The molecule has 0 saturated carbocycles. The number of nitrogens with zero attached hydrogens (tertiary/aromatic N) is 1. The van der Waals surface area contributed by atoms with E-state index in [-0.39, 0.29) is 11.8 Å². The van der Waals surface area contributed by atoms with Crippen LogP contribution in [0.3, 0.4) is 0 Å². The topological polar surface area (TPSA) is 58.4 Å². The first-order valence-corrected chi connectivity index (χ1v) is 6.65. The maximum Gasteiger partial charge on any atom is 0.237 e. The van der Waals surface area contributed by atoms with Gasteiger partial charge in [-0.1, -0.05) is 13.8 Å². The van der Waals surface area contributed by atoms with Gasteiger partial charge in [0.25, 0.3) is 0 Å². The van der Waals surface area contributed by atoms with Crippen LogP contribution in [0.2, 0.25) is 0 Å². The maximum absolute atomic E-state index is 11.2. The largest absolute Gasteiger partial charge is 0.302 e. The fourth-order valence-corrected chi connectivity index (χ4v) is 2.43. The smallest absolute Gasteiger partial charge is 0.237 e. The minimum atomic E-state index is -0.0964. The Labute approximate surface area is 96.9 Å². The van der Waals surface area contributed by atoms with Crippen LogP contribution in [0.25, 0.3) is 0 Å². The predicted octanol–water partition coefficient (Wildman–Crippen LogP) is 0.686. The van der Waals surface area contributed by atoms with Gasteiger partial charge in [0.05, 0.1) is 0 Å². The molecule has 0 aliphatic rings. The highest BCUT2D eigenvalue weighted by Crippen LogP contribution is 2.10. The lowest BCUT2D eigenvalue weighted by Gasteiger charge is -2.28. The molecule has 2 atom stereocenters. The lowest BCUT2D eigenvalue weighted by Crippen LogP contribution is -2.43. The molecule has 0 heterocycles. The van der Waals surface area contributed by atoms with Crippen molar-refractivity contribution in [2.45, 2.75) is 26.3 Å². The zero-order valence-corrected chi connectivity index (χ0v) is 10.9. The lowest BCUT2D eigenvalue weighted by atomic mass is 10.1. The summed E-state index contributed by atoms with van der Waals surface area (Å²) in [5.74, 6) is 6.04. The second-order valence-corrected chi connectivity index (χ2v) is 4.78. The first-order valence-electron chi connectivity index (χ1n) is 5.26. The molecule has 0 rings (SSSR count). The Balaban J connectivity index is 4.08. The first kappa shape index (κ1) is 14.7. The van der Waals surface area contributed by atoms with Crippen LogP contribution in [-0.4, -0.2) is 42.4 Å². The van der Waals surface area contributed by atoms with Crippen molar-refractivity contribution < 1.29 is 4.79 Å². The number of nitrogens with one attached hydrogen (secondary N) is 1. The van der Waals surface area contributed by atoms with Gasteiger partial charge in [0.1, 0.15) is 0 Å². The van der Waals surface area contributed by atoms with E-state index in [4.69, 9.17) is 5.84 Å². The van der Waals surface area contributed by atoms with Gasteiger partial charge in [-0.05, 0) is 19.7 Å². The first-order chi connectivity index (χ1) is 7.06. The van der Waals surface area contributed by atoms with Crippen LogP contribution >= 0.6 is 11.8 Å². The summed E-state index contributed by atoms with van der Waals surface area (Å²) in [6, 6.07) is 0.535. The summed E-state index contributed by atoms with van der Waals surface area (Å²) in [7, 11) is 2.06. The molecule has 0 spiro atoms. The summed E-state index contributed by atoms with van der Waals surface area (Å²) in [6.07, 6.45) is 3.21. The molecule has 0 aromatic rings. The van der Waals surface area contributed by atoms with Gasteiger partial charge >= 0.3 is 0 Å². The summed E-state index contributed by atoms with van der Waals surface area (Å²) in [4.78, 5) is 13.5. The average molecular weight is 233 g/mol. The van der Waals surface area contributed by atoms with Crippen LogP contribution in [0, 0.1) is 5.92 Å². The normalized spacial score (nSPS) is 15.1. The highest BCUT2D eigenvalue weighted by atomic mass is 32.2. The van der Waals surface area contributed by atoms with Gasteiger partial charge in [0.2, 0.25) is 5.91 Å². The zero-order chi connectivity index (χ0) is 11.8. The van der Waals surface area contributed by atoms with Crippen LogP contribution in [0.4, 0.5) is 0 Å². The molecule has 3 N–H and O–H groups in total. The van der Waals surface area contributed by atoms with Crippen molar-refractivity contribution in [3.63, 3.8) is 0 Å². The molecule has 2 unspecified atom stereocenters. The highest BCUT2D eigenvalue weighted by Gasteiger charge is 2.18. The number of thioether (sulfide) groups is 1. The van der Waals surface area contributed by atoms with Crippen molar-refractivity contribution in [1.82, 2.24) is 10.3 Å². The molecule has 0 saturated heterocycles. The Morgan fingerprint density at radius 3 is 2.60 bits per heavy atom. The summed E-state index contributed by atoms with van der Waals surface area (Å²) in [6.45, 7) is 4.82. The zero-order valence-electron chi connectivity index (χ0n) is 10.1. The third-order valence-corrected chi connectivity index (χ3v) is 3.32. The quantitative estimate of drug-likeness (QED) is 0.386. The van der Waals surface area contributed by atoms with E-state index in [9.17, 15) is 4.79 Å². The predicted molar refractivity (Wildman–Crippen MR) is 66.6 cm³/mol. The Bertz CT molecular complexity index is 190. The van der Waals surface area contributed by atoms with Crippen molar-refractivity contribution in [3.8, 4) is 0 Å². The number of amides is 1. The van der Waals surface area contributed by atoms with Crippen molar-refractivity contribution >= 4 is 17.7 Å². The molecule has 0 aliphatic heterocycles. The van der Waals surface area contributed by atoms with Gasteiger partial charge in [-0.2, -0.15) is 11.8 Å². The second kappa shape index (κ2) is 7.96. The summed E-state index contributed by atoms with van der Waals surface area (Å²) < 4.78 is 0. The standard InChI is InChI=1S/C10H23N3OS/c1-5-9(7-15-4)13(3)6-8(2)10(14)12-11/h8-9H,5-7,11H2,1-4H3,(H,12,14). The number of rotatable bonds is 7. The summed E-state index contributed by atoms with van der Waals surface area (Å²) in [5.41, 5.74) is 2.19. The van der Waals surface area contributed by atoms with Gasteiger partial charge in [-0.15, -0.1) is 0 Å². The molecule has 1 amide bonds. The molecule has 0 bridgehead atoms. The van der Waals surface area contributed by atoms with Crippen LogP contribution in [0.5, 0.6) is 0 Å². The van der Waals surface area contributed by atoms with E-state index >= 15 is 0 Å². The Morgan fingerprint density at radius 2 is 2.20 bits per heavy atom. The molecule has 0 radical (unpaired) electrons. The maximum atomic E-state index is 11.2. The Kier molecular flexibility index (Phi) is 7.82. The van der Waals surface area contributed by atoms with Crippen LogP contribution in [0.15, 0.2) is 0 Å². The molecule has 0 aromatic carbocycles. The molecule has 0 aromatic heterocycles. The highest BCUT2D eigenvalue weighted by molar-refractivity contribution is 7.98. The van der Waals surface area contributed by atoms with Gasteiger partial charge in [-0.3, -0.25) is 10.2 Å². The molecular formula is C10H23N3OS. The number of carbonyl (C=O) groups excluding carboxylic acids is 1. The second-order valence-electron chi connectivity index (χ2n) is 3.87. The Hall–Kier alpha value is -0.260. The number of hydrazine groups is 1. The van der Waals surface area contributed by atoms with E-state index in [1.807, 2.05) is 18.7 Å². The van der Waals surface area contributed by atoms with Crippen molar-refractivity contribution in [3.05, 3.63) is 0 Å². The Morgan fingerprint density at radius 1 is 1.60 bits per heavy atom. The van der Waals surface area contributed by atoms with E-state index in [1.165, 1.54) is 0 Å². The van der Waals surface area contributed by atoms with Crippen LogP contribution < -0.4 is 11.3 Å². The van der Waals surface area contributed by atoms with Crippen LogP contribution in [0.1, 0.15) is 20.3 Å². The van der Waals surface area contributed by atoms with Gasteiger partial charge in [0.15, 0.2) is 0 Å². The average Bonchev–Trinajstić information content (AvgIpc) is 2.24. The van der Waals surface area contributed by atoms with Gasteiger partial charge in [-0.25, -0.2) is 5.84 Å². The third-order valence-electron chi connectivity index (χ3n) is 2.61. The van der Waals surface area contributed by atoms with Crippen molar-refractivity contribution in [2.24, 2.45) is 11.8 Å². The van der Waals surface area contributed by atoms with E-state index < -0.39 is 0 Å². The molecule has 0 fully saturated rings. The van der Waals surface area contributed by atoms with Crippen molar-refractivity contribution in [2.75, 3.05) is 25.6 Å². The molecule has 4 nitrogen and oxygen atoms in total. The van der Waals surface area contributed by atoms with E-state index in [0.29, 0.717) is 6.04 Å². The van der Waals surface area contributed by atoms with E-state index in [2.05, 4.69) is 30.6 Å². The molecule has 90 valence electrons. The molecule has 5 heteroatoms. The molecular weight excluding hydrogens is 210 g/mol. The van der Waals surface area contributed by atoms with E-state index in [1.54, 1.807) is 0 Å². The lowest BCUT2D eigenvalue weighted by molar-refractivity contribution is -0.125. The number of carbonyl (C=O) groups is 1. The minimum absolute atomic E-state index is 0.0593. The fraction of sp³-hybridized carbons (Fsp3) is 0.900. The van der Waals surface area contributed by atoms with Crippen molar-refractivity contribution in [1.29, 1.82) is 0 Å². The number of hydrogen-bond acceptors (Lipinski definition) is 4. The van der Waals surface area contributed by atoms with Crippen LogP contribution in [-0.2, 0) is 4.79 Å². The third kappa shape index (κ3) is 5.39. The monoisotopic (exact) mass is 233 g/mol. The summed E-state index contributed by atoms with van der Waals surface area (Å²) in [5, 5.41) is 0.